The molecule has 1 saturated heterocycles. The van der Waals surface area contributed by atoms with Gasteiger partial charge in [0.2, 0.25) is 5.95 Å². The first-order valence-electron chi connectivity index (χ1n) is 10.4. The molecule has 1 aliphatic carbocycles. The number of nitrogens with zero attached hydrogens (tertiary/aromatic N) is 7. The van der Waals surface area contributed by atoms with Crippen molar-refractivity contribution in [3.63, 3.8) is 0 Å². The lowest BCUT2D eigenvalue weighted by Gasteiger charge is -2.34. The summed E-state index contributed by atoms with van der Waals surface area (Å²) in [5, 5.41) is 30.4. The normalized spacial score (nSPS) is 18.2. The van der Waals surface area contributed by atoms with E-state index in [1.807, 2.05) is 6.92 Å². The average Bonchev–Trinajstić information content (AvgIpc) is 3.51. The van der Waals surface area contributed by atoms with Crippen molar-refractivity contribution < 1.29 is 4.74 Å². The summed E-state index contributed by atoms with van der Waals surface area (Å²) in [4.78, 5) is 11.0. The number of anilines is 4. The summed E-state index contributed by atoms with van der Waals surface area (Å²) in [6, 6.07) is 8.06. The van der Waals surface area contributed by atoms with Crippen LogP contribution in [0.4, 0.5) is 23.1 Å². The summed E-state index contributed by atoms with van der Waals surface area (Å²) in [5.41, 5.74) is 2.50. The van der Waals surface area contributed by atoms with Crippen molar-refractivity contribution in [3.05, 3.63) is 34.6 Å². The monoisotopic (exact) mass is 449 g/mol. The van der Waals surface area contributed by atoms with Crippen LogP contribution < -0.4 is 15.5 Å². The minimum Gasteiger partial charge on any atom is -0.375 e. The third-order valence-corrected chi connectivity index (χ3v) is 5.80. The van der Waals surface area contributed by atoms with Gasteiger partial charge >= 0.3 is 0 Å². The van der Waals surface area contributed by atoms with E-state index in [1.54, 1.807) is 12.1 Å². The van der Waals surface area contributed by atoms with Crippen LogP contribution in [0.5, 0.6) is 0 Å². The summed E-state index contributed by atoms with van der Waals surface area (Å²) in [5.74, 6) is 0.787. The zero-order valence-corrected chi connectivity index (χ0v) is 18.1. The molecule has 1 atom stereocenters. The van der Waals surface area contributed by atoms with Crippen LogP contribution in [-0.4, -0.2) is 51.4 Å². The highest BCUT2D eigenvalue weighted by molar-refractivity contribution is 6.36. The fourth-order valence-corrected chi connectivity index (χ4v) is 3.96. The first kappa shape index (κ1) is 20.3. The molecule has 10 nitrogen and oxygen atoms in total. The maximum atomic E-state index is 9.57. The molecule has 0 spiro atoms. The first-order chi connectivity index (χ1) is 15.6. The highest BCUT2D eigenvalue weighted by atomic mass is 35.5. The van der Waals surface area contributed by atoms with E-state index in [0.29, 0.717) is 59.2 Å². The van der Waals surface area contributed by atoms with Crippen LogP contribution in [0, 0.1) is 22.7 Å². The molecule has 1 unspecified atom stereocenters. The second-order valence-electron chi connectivity index (χ2n) is 7.91. The SMILES string of the molecule is CC1CN(c2cc(C#N)cc(Nc3nc(NC4CC4)c4ncc(C#N)n4n3)c2Cl)CCO1. The molecule has 1 aromatic carbocycles. The molecule has 2 aromatic heterocycles. The van der Waals surface area contributed by atoms with Crippen LogP contribution in [0.25, 0.3) is 5.65 Å². The second kappa shape index (κ2) is 8.15. The number of nitriles is 2. The van der Waals surface area contributed by atoms with Gasteiger partial charge in [-0.1, -0.05) is 11.6 Å². The molecular weight excluding hydrogens is 430 g/mol. The number of halogens is 1. The Kier molecular flexibility index (Phi) is 5.17. The van der Waals surface area contributed by atoms with Crippen LogP contribution in [0.3, 0.4) is 0 Å². The average molecular weight is 450 g/mol. The fourth-order valence-electron chi connectivity index (χ4n) is 3.68. The molecule has 1 aliphatic heterocycles. The van der Waals surface area contributed by atoms with Gasteiger partial charge < -0.3 is 20.3 Å². The second-order valence-corrected chi connectivity index (χ2v) is 8.29. The van der Waals surface area contributed by atoms with Crippen molar-refractivity contribution in [3.8, 4) is 12.1 Å². The predicted octanol–water partition coefficient (Wildman–Crippen LogP) is 3.06. The van der Waals surface area contributed by atoms with Gasteiger partial charge in [0, 0.05) is 19.1 Å². The van der Waals surface area contributed by atoms with E-state index in [-0.39, 0.29) is 12.1 Å². The summed E-state index contributed by atoms with van der Waals surface area (Å²) in [6.45, 7) is 3.94. The molecule has 3 aromatic rings. The van der Waals surface area contributed by atoms with Gasteiger partial charge in [0.05, 0.1) is 46.9 Å². The molecule has 0 amide bonds. The van der Waals surface area contributed by atoms with Crippen molar-refractivity contribution in [2.45, 2.75) is 31.9 Å². The van der Waals surface area contributed by atoms with Crippen LogP contribution >= 0.6 is 11.6 Å². The van der Waals surface area contributed by atoms with E-state index < -0.39 is 0 Å². The highest BCUT2D eigenvalue weighted by Crippen LogP contribution is 2.37. The van der Waals surface area contributed by atoms with Gasteiger partial charge in [-0.3, -0.25) is 0 Å². The highest BCUT2D eigenvalue weighted by Gasteiger charge is 2.25. The zero-order valence-electron chi connectivity index (χ0n) is 17.3. The lowest BCUT2D eigenvalue weighted by Crippen LogP contribution is -2.41. The predicted molar refractivity (Wildman–Crippen MR) is 119 cm³/mol. The molecule has 32 heavy (non-hydrogen) atoms. The number of imidazole rings is 1. The van der Waals surface area contributed by atoms with Crippen LogP contribution in [0.15, 0.2) is 18.3 Å². The molecule has 1 saturated carbocycles. The molecule has 5 rings (SSSR count). The van der Waals surface area contributed by atoms with E-state index in [0.717, 1.165) is 18.5 Å². The smallest absolute Gasteiger partial charge is 0.247 e. The Bertz CT molecular complexity index is 1270. The lowest BCUT2D eigenvalue weighted by molar-refractivity contribution is 0.0532. The molecule has 162 valence electrons. The Hall–Kier alpha value is -3.60. The molecule has 2 N–H and O–H groups in total. The number of morpholine rings is 1. The molecule has 0 bridgehead atoms. The van der Waals surface area contributed by atoms with Gasteiger partial charge in [-0.25, -0.2) is 4.98 Å². The Balaban J connectivity index is 1.55. The van der Waals surface area contributed by atoms with E-state index in [1.165, 1.54) is 10.7 Å². The number of aromatic nitrogens is 4. The minimum absolute atomic E-state index is 0.0643. The molecule has 2 fully saturated rings. The molecular formula is C21H20ClN9O. The quantitative estimate of drug-likeness (QED) is 0.603. The fraction of sp³-hybridized carbons (Fsp3) is 0.381. The van der Waals surface area contributed by atoms with E-state index in [2.05, 4.69) is 42.7 Å². The third-order valence-electron chi connectivity index (χ3n) is 5.41. The maximum Gasteiger partial charge on any atom is 0.247 e. The topological polar surface area (TPSA) is 127 Å². The number of ether oxygens (including phenoxy) is 1. The summed E-state index contributed by atoms with van der Waals surface area (Å²) < 4.78 is 7.08. The van der Waals surface area contributed by atoms with E-state index in [9.17, 15) is 10.5 Å². The van der Waals surface area contributed by atoms with Gasteiger partial charge in [-0.15, -0.1) is 5.10 Å². The Labute approximate surface area is 189 Å². The van der Waals surface area contributed by atoms with E-state index >= 15 is 0 Å². The molecule has 2 aliphatic rings. The largest absolute Gasteiger partial charge is 0.375 e. The van der Waals surface area contributed by atoms with Gasteiger partial charge in [0.1, 0.15) is 6.07 Å². The number of benzene rings is 1. The Morgan fingerprint density at radius 3 is 2.81 bits per heavy atom. The van der Waals surface area contributed by atoms with Gasteiger partial charge in [0.25, 0.3) is 0 Å². The summed E-state index contributed by atoms with van der Waals surface area (Å²) in [7, 11) is 0. The van der Waals surface area contributed by atoms with Crippen molar-refractivity contribution in [1.82, 2.24) is 19.6 Å². The van der Waals surface area contributed by atoms with Crippen LogP contribution in [0.2, 0.25) is 5.02 Å². The summed E-state index contributed by atoms with van der Waals surface area (Å²) >= 11 is 6.76. The molecule has 3 heterocycles. The summed E-state index contributed by atoms with van der Waals surface area (Å²) in [6.07, 6.45) is 3.64. The van der Waals surface area contributed by atoms with Gasteiger partial charge in [-0.2, -0.15) is 20.0 Å². The van der Waals surface area contributed by atoms with Crippen LogP contribution in [-0.2, 0) is 4.74 Å². The zero-order chi connectivity index (χ0) is 22.2. The third kappa shape index (κ3) is 3.86. The van der Waals surface area contributed by atoms with Crippen LogP contribution in [0.1, 0.15) is 31.0 Å². The molecule has 11 heteroatoms. The van der Waals surface area contributed by atoms with Crippen molar-refractivity contribution >= 4 is 40.4 Å². The number of hydrogen-bond acceptors (Lipinski definition) is 9. The lowest BCUT2D eigenvalue weighted by atomic mass is 10.1. The number of nitrogens with one attached hydrogen (secondary N) is 2. The minimum atomic E-state index is 0.0643. The number of hydrogen-bond donors (Lipinski definition) is 2. The Morgan fingerprint density at radius 2 is 2.09 bits per heavy atom. The van der Waals surface area contributed by atoms with Crippen molar-refractivity contribution in [2.24, 2.45) is 0 Å². The standard InChI is InChI=1S/C21H20ClN9O/c1-12-11-30(4-5-32-12)17-7-13(8-23)6-16(18(17)22)27-21-28-19(26-14-2-3-14)20-25-10-15(9-24)31(20)29-21/h6-7,10,12,14H,2-5,11H2,1H3,(H2,26,27,28,29). The first-order valence-corrected chi connectivity index (χ1v) is 10.7. The maximum absolute atomic E-state index is 9.57. The van der Waals surface area contributed by atoms with Gasteiger partial charge in [0.15, 0.2) is 17.2 Å². The Morgan fingerprint density at radius 1 is 1.25 bits per heavy atom. The van der Waals surface area contributed by atoms with Crippen molar-refractivity contribution in [2.75, 3.05) is 35.2 Å². The van der Waals surface area contributed by atoms with Crippen molar-refractivity contribution in [1.29, 1.82) is 10.5 Å². The van der Waals surface area contributed by atoms with E-state index in [4.69, 9.17) is 16.3 Å². The molecule has 0 radical (unpaired) electrons. The van der Waals surface area contributed by atoms with Gasteiger partial charge in [-0.05, 0) is 31.9 Å². The number of fused-ring (bicyclic) bond motifs is 1. The number of rotatable bonds is 5.